The van der Waals surface area contributed by atoms with Crippen molar-refractivity contribution in [3.63, 3.8) is 0 Å². The van der Waals surface area contributed by atoms with E-state index in [0.29, 0.717) is 13.0 Å². The average molecular weight is 409 g/mol. The Morgan fingerprint density at radius 3 is 2.52 bits per heavy atom. The van der Waals surface area contributed by atoms with Crippen LogP contribution in [0.2, 0.25) is 0 Å². The lowest BCUT2D eigenvalue weighted by molar-refractivity contribution is 0.133. The highest BCUT2D eigenvalue weighted by atomic mass is 19.3. The molecule has 2 unspecified atom stereocenters. The molecule has 0 amide bonds. The minimum Gasteiger partial charge on any atom is -0.383 e. The number of ether oxygens (including phenoxy) is 1. The van der Waals surface area contributed by atoms with Gasteiger partial charge in [0.2, 0.25) is 6.43 Å². The molecule has 3 nitrogen and oxygen atoms in total. The lowest BCUT2D eigenvalue weighted by Gasteiger charge is -2.30. The van der Waals surface area contributed by atoms with Crippen LogP contribution in [0.3, 0.4) is 0 Å². The summed E-state index contributed by atoms with van der Waals surface area (Å²) in [5.41, 5.74) is 5.70. The molecule has 0 saturated heterocycles. The molecule has 0 spiro atoms. The zero-order valence-corrected chi connectivity index (χ0v) is 19.0. The van der Waals surface area contributed by atoms with E-state index in [1.807, 2.05) is 26.0 Å². The molecule has 2 atom stereocenters. The molecule has 0 fully saturated rings. The van der Waals surface area contributed by atoms with Gasteiger partial charge in [-0.3, -0.25) is 9.80 Å². The van der Waals surface area contributed by atoms with Crippen molar-refractivity contribution in [3.05, 3.63) is 59.3 Å². The fraction of sp³-hybridized carbons (Fsp3) is 0.583. The molecular weight excluding hydrogens is 370 g/mol. The van der Waals surface area contributed by atoms with Crippen molar-refractivity contribution in [1.29, 1.82) is 0 Å². The van der Waals surface area contributed by atoms with Crippen LogP contribution < -0.4 is 0 Å². The number of hydrogen-bond acceptors (Lipinski definition) is 3. The van der Waals surface area contributed by atoms with Crippen LogP contribution in [0.15, 0.2) is 59.3 Å². The van der Waals surface area contributed by atoms with Crippen LogP contribution in [-0.4, -0.2) is 69.2 Å². The predicted octanol–water partition coefficient (Wildman–Crippen LogP) is 5.24. The van der Waals surface area contributed by atoms with Gasteiger partial charge in [0.05, 0.1) is 12.6 Å². The minimum absolute atomic E-state index is 0.0945. The van der Waals surface area contributed by atoms with E-state index >= 15 is 0 Å². The predicted molar refractivity (Wildman–Crippen MR) is 120 cm³/mol. The van der Waals surface area contributed by atoms with Crippen LogP contribution in [0.1, 0.15) is 33.6 Å². The largest absolute Gasteiger partial charge is 0.383 e. The van der Waals surface area contributed by atoms with Crippen LogP contribution in [0.5, 0.6) is 0 Å². The maximum Gasteiger partial charge on any atom is 0.238 e. The van der Waals surface area contributed by atoms with Crippen molar-refractivity contribution in [2.75, 3.05) is 40.9 Å². The van der Waals surface area contributed by atoms with E-state index in [-0.39, 0.29) is 18.5 Å². The SMILES string of the molecule is C=CC1=C(CN(C)C(C)/C(C=C)=C/C(C)=C(\C)CCC(F)F)C(COC)N(C)C1. The van der Waals surface area contributed by atoms with Gasteiger partial charge in [0.25, 0.3) is 0 Å². The van der Waals surface area contributed by atoms with E-state index in [2.05, 4.69) is 50.1 Å². The zero-order chi connectivity index (χ0) is 22.1. The third-order valence-corrected chi connectivity index (χ3v) is 5.93. The van der Waals surface area contributed by atoms with Crippen LogP contribution in [0.4, 0.5) is 8.78 Å². The fourth-order valence-electron chi connectivity index (χ4n) is 3.65. The number of likely N-dealkylation sites (N-methyl/N-ethyl adjacent to an activating group) is 2. The summed E-state index contributed by atoms with van der Waals surface area (Å²) in [6, 6.07) is 0.384. The van der Waals surface area contributed by atoms with Crippen LogP contribution in [0, 0.1) is 0 Å². The molecule has 1 heterocycles. The first-order valence-corrected chi connectivity index (χ1v) is 10.2. The summed E-state index contributed by atoms with van der Waals surface area (Å²) in [4.78, 5) is 4.58. The van der Waals surface area contributed by atoms with E-state index in [1.54, 1.807) is 7.11 Å². The Kier molecular flexibility index (Phi) is 10.7. The van der Waals surface area contributed by atoms with Gasteiger partial charge in [-0.2, -0.15) is 0 Å². The van der Waals surface area contributed by atoms with Gasteiger partial charge in [0, 0.05) is 32.7 Å². The van der Waals surface area contributed by atoms with Gasteiger partial charge in [-0.1, -0.05) is 42.5 Å². The van der Waals surface area contributed by atoms with Crippen LogP contribution >= 0.6 is 0 Å². The number of methoxy groups -OCH3 is 1. The maximum atomic E-state index is 12.5. The molecule has 0 bridgehead atoms. The van der Waals surface area contributed by atoms with E-state index in [0.717, 1.165) is 29.8 Å². The van der Waals surface area contributed by atoms with Crippen molar-refractivity contribution in [2.24, 2.45) is 0 Å². The molecule has 0 aliphatic carbocycles. The fourth-order valence-corrected chi connectivity index (χ4v) is 3.65. The van der Waals surface area contributed by atoms with Crippen LogP contribution in [-0.2, 0) is 4.74 Å². The maximum absolute atomic E-state index is 12.5. The van der Waals surface area contributed by atoms with Crippen molar-refractivity contribution >= 4 is 0 Å². The lowest BCUT2D eigenvalue weighted by Crippen LogP contribution is -2.38. The smallest absolute Gasteiger partial charge is 0.238 e. The van der Waals surface area contributed by atoms with Gasteiger partial charge >= 0.3 is 0 Å². The Morgan fingerprint density at radius 1 is 1.34 bits per heavy atom. The molecule has 0 aromatic heterocycles. The molecule has 1 rings (SSSR count). The van der Waals surface area contributed by atoms with Gasteiger partial charge in [-0.25, -0.2) is 8.78 Å². The summed E-state index contributed by atoms with van der Waals surface area (Å²) in [5.74, 6) is 0. The summed E-state index contributed by atoms with van der Waals surface area (Å²) < 4.78 is 30.4. The van der Waals surface area contributed by atoms with Crippen molar-refractivity contribution in [3.8, 4) is 0 Å². The molecule has 0 aromatic carbocycles. The molecule has 164 valence electrons. The highest BCUT2D eigenvalue weighted by molar-refractivity contribution is 5.37. The van der Waals surface area contributed by atoms with E-state index in [4.69, 9.17) is 4.74 Å². The monoisotopic (exact) mass is 408 g/mol. The molecule has 0 saturated carbocycles. The number of nitrogens with zero attached hydrogens (tertiary/aromatic N) is 2. The molecule has 5 heteroatoms. The molecule has 1 aliphatic rings. The standard InChI is InChI=1S/C24H38F2N2O/c1-9-20(13-18(4)17(3)11-12-24(25)26)19(5)27(6)15-22-21(10-2)14-28(7)23(22)16-29-8/h9-10,13,19,23-24H,1-2,11-12,14-16H2,3-8H3/b18-17+,20-13+. The highest BCUT2D eigenvalue weighted by Gasteiger charge is 2.30. The second-order valence-corrected chi connectivity index (χ2v) is 7.97. The van der Waals surface area contributed by atoms with Crippen molar-refractivity contribution in [1.82, 2.24) is 9.80 Å². The van der Waals surface area contributed by atoms with Crippen LogP contribution in [0.25, 0.3) is 0 Å². The molecule has 1 aliphatic heterocycles. The Hall–Kier alpha value is -1.56. The molecule has 29 heavy (non-hydrogen) atoms. The molecule has 0 N–H and O–H groups in total. The Balaban J connectivity index is 2.99. The summed E-state index contributed by atoms with van der Waals surface area (Å²) in [6.07, 6.45) is 3.94. The Morgan fingerprint density at radius 2 is 2.00 bits per heavy atom. The number of alkyl halides is 2. The van der Waals surface area contributed by atoms with Crippen molar-refractivity contribution < 1.29 is 13.5 Å². The Bertz CT molecular complexity index is 664. The second kappa shape index (κ2) is 12.2. The minimum atomic E-state index is -2.26. The van der Waals surface area contributed by atoms with E-state index in [1.165, 1.54) is 11.1 Å². The quantitative estimate of drug-likeness (QED) is 0.411. The summed E-state index contributed by atoms with van der Waals surface area (Å²) in [5, 5.41) is 0. The van der Waals surface area contributed by atoms with Gasteiger partial charge in [0.1, 0.15) is 0 Å². The number of allylic oxidation sites excluding steroid dienone is 3. The summed E-state index contributed by atoms with van der Waals surface area (Å²) in [7, 11) is 5.93. The summed E-state index contributed by atoms with van der Waals surface area (Å²) in [6.45, 7) is 16.4. The third-order valence-electron chi connectivity index (χ3n) is 5.93. The van der Waals surface area contributed by atoms with Crippen molar-refractivity contribution in [2.45, 2.75) is 52.1 Å². The molecule has 0 radical (unpaired) electrons. The van der Waals surface area contributed by atoms with E-state index in [9.17, 15) is 8.78 Å². The van der Waals surface area contributed by atoms with E-state index < -0.39 is 6.43 Å². The number of halogens is 2. The number of hydrogen-bond donors (Lipinski definition) is 0. The number of rotatable bonds is 12. The first kappa shape index (κ1) is 25.5. The topological polar surface area (TPSA) is 15.7 Å². The van der Waals surface area contributed by atoms with Gasteiger partial charge < -0.3 is 4.74 Å². The average Bonchev–Trinajstić information content (AvgIpc) is 2.98. The molecular formula is C24H38F2N2O. The lowest BCUT2D eigenvalue weighted by atomic mass is 9.99. The highest BCUT2D eigenvalue weighted by Crippen LogP contribution is 2.27. The second-order valence-electron chi connectivity index (χ2n) is 7.97. The first-order chi connectivity index (χ1) is 13.7. The zero-order valence-electron chi connectivity index (χ0n) is 19.0. The molecule has 0 aromatic rings. The third kappa shape index (κ3) is 7.32. The first-order valence-electron chi connectivity index (χ1n) is 10.2. The summed E-state index contributed by atoms with van der Waals surface area (Å²) >= 11 is 0. The van der Waals surface area contributed by atoms with Gasteiger partial charge in [0.15, 0.2) is 0 Å². The van der Waals surface area contributed by atoms with Gasteiger partial charge in [-0.15, -0.1) is 0 Å². The van der Waals surface area contributed by atoms with Gasteiger partial charge in [-0.05, 0) is 58.0 Å². The normalized spacial score (nSPS) is 20.5. The Labute approximate surface area is 176 Å².